The largest absolute Gasteiger partial charge is 0.493 e. The fourth-order valence-corrected chi connectivity index (χ4v) is 4.78. The molecule has 1 fully saturated rings. The first-order valence-corrected chi connectivity index (χ1v) is 12.5. The molecule has 0 bridgehead atoms. The second-order valence-corrected chi connectivity index (χ2v) is 9.16. The quantitative estimate of drug-likeness (QED) is 0.362. The molecule has 6 nitrogen and oxygen atoms in total. The monoisotopic (exact) mass is 465 g/mol. The van der Waals surface area contributed by atoms with Crippen LogP contribution in [0, 0.1) is 6.92 Å². The van der Waals surface area contributed by atoms with Crippen LogP contribution in [0.4, 0.5) is 0 Å². The molecule has 0 aliphatic heterocycles. The lowest BCUT2D eigenvalue weighted by atomic mass is 9.89. The van der Waals surface area contributed by atoms with Crippen molar-refractivity contribution in [3.8, 4) is 5.75 Å². The summed E-state index contributed by atoms with van der Waals surface area (Å²) >= 11 is 0. The molecule has 0 spiro atoms. The molecular formula is C28H35NO5. The number of oxazole rings is 1. The van der Waals surface area contributed by atoms with E-state index in [2.05, 4.69) is 0 Å². The fourth-order valence-electron chi connectivity index (χ4n) is 4.78. The van der Waals surface area contributed by atoms with Gasteiger partial charge < -0.3 is 19.0 Å². The van der Waals surface area contributed by atoms with Crippen molar-refractivity contribution in [2.24, 2.45) is 0 Å². The number of carboxylic acid groups (broad SMARTS) is 1. The topological polar surface area (TPSA) is 81.8 Å². The van der Waals surface area contributed by atoms with Crippen molar-refractivity contribution < 1.29 is 23.8 Å². The summed E-state index contributed by atoms with van der Waals surface area (Å²) in [5.41, 5.74) is 1.91. The minimum absolute atomic E-state index is 0.318. The molecule has 0 radical (unpaired) electrons. The Balaban J connectivity index is 1.44. The van der Waals surface area contributed by atoms with E-state index < -0.39 is 12.1 Å². The molecule has 1 aliphatic carbocycles. The highest BCUT2D eigenvalue weighted by Gasteiger charge is 2.22. The Morgan fingerprint density at radius 3 is 2.62 bits per heavy atom. The summed E-state index contributed by atoms with van der Waals surface area (Å²) in [6.45, 7) is 4.88. The van der Waals surface area contributed by atoms with Gasteiger partial charge in [0.05, 0.1) is 12.3 Å². The number of aliphatic carboxylic acids is 1. The van der Waals surface area contributed by atoms with Gasteiger partial charge in [-0.3, -0.25) is 0 Å². The maximum atomic E-state index is 11.7. The van der Waals surface area contributed by atoms with Crippen molar-refractivity contribution in [2.45, 2.75) is 77.2 Å². The minimum Gasteiger partial charge on any atom is -0.493 e. The Labute approximate surface area is 201 Å². The Morgan fingerprint density at radius 2 is 1.88 bits per heavy atom. The summed E-state index contributed by atoms with van der Waals surface area (Å²) in [4.78, 5) is 16.5. The number of rotatable bonds is 11. The van der Waals surface area contributed by atoms with E-state index in [0.29, 0.717) is 32.0 Å². The van der Waals surface area contributed by atoms with Crippen LogP contribution in [0.1, 0.15) is 74.3 Å². The van der Waals surface area contributed by atoms with Gasteiger partial charge in [0.2, 0.25) is 0 Å². The van der Waals surface area contributed by atoms with E-state index in [0.717, 1.165) is 45.9 Å². The first-order chi connectivity index (χ1) is 16.6. The zero-order valence-corrected chi connectivity index (χ0v) is 20.2. The lowest BCUT2D eigenvalue weighted by Gasteiger charge is -2.17. The Kier molecular flexibility index (Phi) is 8.22. The molecule has 3 aromatic rings. The maximum Gasteiger partial charge on any atom is 0.333 e. The molecule has 1 aromatic heterocycles. The average Bonchev–Trinajstić information content (AvgIpc) is 3.23. The van der Waals surface area contributed by atoms with Crippen LogP contribution in [-0.2, 0) is 22.4 Å². The van der Waals surface area contributed by atoms with Gasteiger partial charge in [0.1, 0.15) is 11.5 Å². The first-order valence-electron chi connectivity index (χ1n) is 12.5. The fraction of sp³-hybridized carbons (Fsp3) is 0.500. The highest BCUT2D eigenvalue weighted by molar-refractivity contribution is 5.91. The number of carboxylic acids is 1. The molecule has 1 unspecified atom stereocenters. The third-order valence-electron chi connectivity index (χ3n) is 6.64. The van der Waals surface area contributed by atoms with Gasteiger partial charge in [-0.05, 0) is 43.2 Å². The van der Waals surface area contributed by atoms with E-state index in [4.69, 9.17) is 18.9 Å². The summed E-state index contributed by atoms with van der Waals surface area (Å²) in [5.74, 6) is 2.08. The molecule has 6 heteroatoms. The van der Waals surface area contributed by atoms with Crippen LogP contribution in [0.3, 0.4) is 0 Å². The highest BCUT2D eigenvalue weighted by Crippen LogP contribution is 2.33. The van der Waals surface area contributed by atoms with E-state index >= 15 is 0 Å². The molecular weight excluding hydrogens is 430 g/mol. The Morgan fingerprint density at radius 1 is 1.12 bits per heavy atom. The van der Waals surface area contributed by atoms with Gasteiger partial charge in [0, 0.05) is 30.8 Å². The van der Waals surface area contributed by atoms with Crippen molar-refractivity contribution in [1.82, 2.24) is 4.98 Å². The molecule has 1 heterocycles. The summed E-state index contributed by atoms with van der Waals surface area (Å²) in [7, 11) is 0. The van der Waals surface area contributed by atoms with Crippen LogP contribution in [0.2, 0.25) is 0 Å². The zero-order valence-electron chi connectivity index (χ0n) is 20.2. The van der Waals surface area contributed by atoms with Crippen molar-refractivity contribution in [2.75, 3.05) is 13.2 Å². The number of nitrogens with zero attached hydrogens (tertiary/aromatic N) is 1. The average molecular weight is 466 g/mol. The van der Waals surface area contributed by atoms with Crippen LogP contribution >= 0.6 is 0 Å². The van der Waals surface area contributed by atoms with E-state index in [1.807, 2.05) is 50.2 Å². The number of ether oxygens (including phenoxy) is 2. The summed E-state index contributed by atoms with van der Waals surface area (Å²) in [6, 6.07) is 11.8. The second-order valence-electron chi connectivity index (χ2n) is 9.16. The summed E-state index contributed by atoms with van der Waals surface area (Å²) in [6.07, 6.45) is 7.08. The molecule has 4 rings (SSSR count). The van der Waals surface area contributed by atoms with E-state index in [-0.39, 0.29) is 0 Å². The number of carbonyl (C=O) groups is 1. The van der Waals surface area contributed by atoms with Crippen molar-refractivity contribution >= 4 is 16.7 Å². The van der Waals surface area contributed by atoms with Gasteiger partial charge >= 0.3 is 5.97 Å². The first kappa shape index (κ1) is 24.3. The number of aromatic nitrogens is 1. The minimum atomic E-state index is -0.937. The molecule has 1 saturated carbocycles. The van der Waals surface area contributed by atoms with Crippen LogP contribution in [0.5, 0.6) is 5.75 Å². The van der Waals surface area contributed by atoms with Gasteiger partial charge in [-0.2, -0.15) is 0 Å². The van der Waals surface area contributed by atoms with E-state index in [1.54, 1.807) is 0 Å². The SMILES string of the molecule is CCCOC(Cc1ccc(OCCc2nc(C3CCCCC3)oc2C)c2ccccc12)C(=O)O. The van der Waals surface area contributed by atoms with Gasteiger partial charge in [0.25, 0.3) is 0 Å². The summed E-state index contributed by atoms with van der Waals surface area (Å²) < 4.78 is 17.7. The van der Waals surface area contributed by atoms with Crippen LogP contribution in [-0.4, -0.2) is 35.4 Å². The predicted molar refractivity (Wildman–Crippen MR) is 132 cm³/mol. The Bertz CT molecular complexity index is 1100. The van der Waals surface area contributed by atoms with Crippen LogP contribution < -0.4 is 4.74 Å². The predicted octanol–water partition coefficient (Wildman–Crippen LogP) is 6.23. The number of fused-ring (bicyclic) bond motifs is 1. The molecule has 1 N–H and O–H groups in total. The third-order valence-corrected chi connectivity index (χ3v) is 6.64. The lowest BCUT2D eigenvalue weighted by Crippen LogP contribution is -2.26. The maximum absolute atomic E-state index is 11.7. The van der Waals surface area contributed by atoms with Gasteiger partial charge in [-0.25, -0.2) is 9.78 Å². The molecule has 1 aliphatic rings. The van der Waals surface area contributed by atoms with Crippen molar-refractivity contribution in [1.29, 1.82) is 0 Å². The van der Waals surface area contributed by atoms with Crippen LogP contribution in [0.15, 0.2) is 40.8 Å². The summed E-state index contributed by atoms with van der Waals surface area (Å²) in [5, 5.41) is 11.5. The molecule has 34 heavy (non-hydrogen) atoms. The highest BCUT2D eigenvalue weighted by atomic mass is 16.5. The number of benzene rings is 2. The smallest absolute Gasteiger partial charge is 0.333 e. The molecule has 2 aromatic carbocycles. The van der Waals surface area contributed by atoms with Crippen LogP contribution in [0.25, 0.3) is 10.8 Å². The standard InChI is InChI=1S/C28H35NO5/c1-3-16-32-26(28(30)31)18-21-13-14-25(23-12-8-7-11-22(21)23)33-17-15-24-19(2)34-27(29-24)20-9-5-4-6-10-20/h7-8,11-14,20,26H,3-6,9-10,15-18H2,1-2H3,(H,30,31). The van der Waals surface area contributed by atoms with Crippen molar-refractivity contribution in [3.63, 3.8) is 0 Å². The lowest BCUT2D eigenvalue weighted by molar-refractivity contribution is -0.150. The normalized spacial score (nSPS) is 15.5. The molecule has 0 amide bonds. The molecule has 1 atom stereocenters. The van der Waals surface area contributed by atoms with Gasteiger partial charge in [0.15, 0.2) is 12.0 Å². The number of aryl methyl sites for hydroxylation is 1. The molecule has 0 saturated heterocycles. The zero-order chi connectivity index (χ0) is 23.9. The van der Waals surface area contributed by atoms with E-state index in [9.17, 15) is 9.90 Å². The number of hydrogen-bond acceptors (Lipinski definition) is 5. The molecule has 182 valence electrons. The van der Waals surface area contributed by atoms with E-state index in [1.165, 1.54) is 32.1 Å². The van der Waals surface area contributed by atoms with Gasteiger partial charge in [-0.1, -0.05) is 56.5 Å². The second kappa shape index (κ2) is 11.5. The Hall–Kier alpha value is -2.86. The number of hydrogen-bond donors (Lipinski definition) is 1. The van der Waals surface area contributed by atoms with Gasteiger partial charge in [-0.15, -0.1) is 0 Å². The third kappa shape index (κ3) is 5.79. The van der Waals surface area contributed by atoms with Crippen molar-refractivity contribution in [3.05, 3.63) is 59.3 Å².